The summed E-state index contributed by atoms with van der Waals surface area (Å²) >= 11 is 1.69. The van der Waals surface area contributed by atoms with Gasteiger partial charge < -0.3 is 14.6 Å². The van der Waals surface area contributed by atoms with Crippen LogP contribution in [0.3, 0.4) is 0 Å². The van der Waals surface area contributed by atoms with Crippen LogP contribution in [0, 0.1) is 0 Å². The average Bonchev–Trinajstić information content (AvgIpc) is 3.07. The molecule has 104 valence electrons. The molecule has 0 aromatic carbocycles. The van der Waals surface area contributed by atoms with Crippen LogP contribution < -0.4 is 10.2 Å². The van der Waals surface area contributed by atoms with Crippen LogP contribution in [0.5, 0.6) is 0 Å². The standard InChI is InChI=1S/C14H21N3OS/c1-4-15-11(3)13-10-19-14(16-13)17(5-2)9-12-7-6-8-18-12/h6-8,10-11,15H,4-5,9H2,1-3H3. The van der Waals surface area contributed by atoms with E-state index in [-0.39, 0.29) is 0 Å². The number of furan rings is 1. The molecule has 0 saturated heterocycles. The normalized spacial score (nSPS) is 12.6. The third kappa shape index (κ3) is 3.58. The zero-order valence-electron chi connectivity index (χ0n) is 11.7. The molecule has 0 bridgehead atoms. The van der Waals surface area contributed by atoms with Crippen LogP contribution in [-0.4, -0.2) is 18.1 Å². The van der Waals surface area contributed by atoms with Crippen molar-refractivity contribution >= 4 is 16.5 Å². The second kappa shape index (κ2) is 6.73. The summed E-state index contributed by atoms with van der Waals surface area (Å²) in [6, 6.07) is 4.22. The highest BCUT2D eigenvalue weighted by atomic mass is 32.1. The molecule has 2 heterocycles. The lowest BCUT2D eigenvalue weighted by atomic mass is 10.2. The van der Waals surface area contributed by atoms with E-state index in [2.05, 4.69) is 36.4 Å². The fourth-order valence-electron chi connectivity index (χ4n) is 1.94. The van der Waals surface area contributed by atoms with Gasteiger partial charge >= 0.3 is 0 Å². The van der Waals surface area contributed by atoms with Crippen molar-refractivity contribution in [3.8, 4) is 0 Å². The van der Waals surface area contributed by atoms with Gasteiger partial charge in [0, 0.05) is 18.0 Å². The predicted molar refractivity (Wildman–Crippen MR) is 79.6 cm³/mol. The molecule has 4 nitrogen and oxygen atoms in total. The maximum Gasteiger partial charge on any atom is 0.185 e. The summed E-state index contributed by atoms with van der Waals surface area (Å²) in [5.74, 6) is 0.971. The molecule has 0 aliphatic rings. The highest BCUT2D eigenvalue weighted by Gasteiger charge is 2.14. The van der Waals surface area contributed by atoms with Gasteiger partial charge in [0.25, 0.3) is 0 Å². The molecule has 1 atom stereocenters. The lowest BCUT2D eigenvalue weighted by molar-refractivity contribution is 0.503. The summed E-state index contributed by atoms with van der Waals surface area (Å²) in [5.41, 5.74) is 1.11. The van der Waals surface area contributed by atoms with Crippen molar-refractivity contribution in [3.63, 3.8) is 0 Å². The van der Waals surface area contributed by atoms with Gasteiger partial charge in [0.1, 0.15) is 5.76 Å². The van der Waals surface area contributed by atoms with E-state index in [4.69, 9.17) is 9.40 Å². The molecule has 2 aromatic heterocycles. The Morgan fingerprint density at radius 2 is 2.32 bits per heavy atom. The van der Waals surface area contributed by atoms with Crippen molar-refractivity contribution in [2.45, 2.75) is 33.4 Å². The Labute approximate surface area is 118 Å². The number of rotatable bonds is 7. The second-order valence-corrected chi connectivity index (χ2v) is 5.26. The predicted octanol–water partition coefficient (Wildman–Crippen LogP) is 3.43. The number of nitrogens with zero attached hydrogens (tertiary/aromatic N) is 2. The van der Waals surface area contributed by atoms with Crippen LogP contribution in [0.4, 0.5) is 5.13 Å². The molecule has 0 aliphatic heterocycles. The Morgan fingerprint density at radius 1 is 1.47 bits per heavy atom. The van der Waals surface area contributed by atoms with E-state index in [9.17, 15) is 0 Å². The minimum Gasteiger partial charge on any atom is -0.467 e. The summed E-state index contributed by atoms with van der Waals surface area (Å²) in [7, 11) is 0. The van der Waals surface area contributed by atoms with Crippen LogP contribution in [0.1, 0.15) is 38.3 Å². The van der Waals surface area contributed by atoms with E-state index in [0.717, 1.165) is 36.2 Å². The van der Waals surface area contributed by atoms with Gasteiger partial charge in [-0.1, -0.05) is 6.92 Å². The third-order valence-corrected chi connectivity index (χ3v) is 3.96. The summed E-state index contributed by atoms with van der Waals surface area (Å²) in [6.45, 7) is 9.04. The van der Waals surface area contributed by atoms with E-state index in [1.165, 1.54) is 0 Å². The minimum absolute atomic E-state index is 0.303. The van der Waals surface area contributed by atoms with Crippen LogP contribution >= 0.6 is 11.3 Å². The van der Waals surface area contributed by atoms with Gasteiger partial charge in [0.2, 0.25) is 0 Å². The van der Waals surface area contributed by atoms with Crippen LogP contribution in [0.25, 0.3) is 0 Å². The first kappa shape index (κ1) is 14.1. The minimum atomic E-state index is 0.303. The molecule has 0 saturated carbocycles. The highest BCUT2D eigenvalue weighted by molar-refractivity contribution is 7.13. The molecular formula is C14H21N3OS. The van der Waals surface area contributed by atoms with Gasteiger partial charge in [-0.2, -0.15) is 0 Å². The van der Waals surface area contributed by atoms with E-state index in [1.54, 1.807) is 17.6 Å². The van der Waals surface area contributed by atoms with E-state index in [1.807, 2.05) is 12.1 Å². The topological polar surface area (TPSA) is 41.3 Å². The van der Waals surface area contributed by atoms with E-state index >= 15 is 0 Å². The molecule has 0 aliphatic carbocycles. The Balaban J connectivity index is 2.06. The summed E-state index contributed by atoms with van der Waals surface area (Å²) < 4.78 is 5.40. The molecule has 0 fully saturated rings. The smallest absolute Gasteiger partial charge is 0.185 e. The second-order valence-electron chi connectivity index (χ2n) is 4.43. The van der Waals surface area contributed by atoms with Crippen molar-refractivity contribution in [2.75, 3.05) is 18.0 Å². The first-order chi connectivity index (χ1) is 9.24. The van der Waals surface area contributed by atoms with E-state index in [0.29, 0.717) is 6.04 Å². The first-order valence-electron chi connectivity index (χ1n) is 6.70. The van der Waals surface area contributed by atoms with Gasteiger partial charge in [-0.15, -0.1) is 11.3 Å². The maximum absolute atomic E-state index is 5.40. The fraction of sp³-hybridized carbons (Fsp3) is 0.500. The fourth-order valence-corrected chi connectivity index (χ4v) is 2.92. The SMILES string of the molecule is CCNC(C)c1csc(N(CC)Cc2ccco2)n1. The van der Waals surface area contributed by atoms with Gasteiger partial charge in [0.05, 0.1) is 18.5 Å². The van der Waals surface area contributed by atoms with Gasteiger partial charge in [-0.05, 0) is 32.5 Å². The molecule has 2 rings (SSSR count). The van der Waals surface area contributed by atoms with E-state index < -0.39 is 0 Å². The monoisotopic (exact) mass is 279 g/mol. The van der Waals surface area contributed by atoms with Crippen molar-refractivity contribution in [3.05, 3.63) is 35.2 Å². The molecule has 1 unspecified atom stereocenters. The lowest BCUT2D eigenvalue weighted by Crippen LogP contribution is -2.22. The van der Waals surface area contributed by atoms with Gasteiger partial charge in [-0.25, -0.2) is 4.98 Å². The van der Waals surface area contributed by atoms with Crippen molar-refractivity contribution in [1.82, 2.24) is 10.3 Å². The quantitative estimate of drug-likeness (QED) is 0.843. The lowest BCUT2D eigenvalue weighted by Gasteiger charge is -2.18. The molecule has 1 N–H and O–H groups in total. The summed E-state index contributed by atoms with van der Waals surface area (Å²) in [4.78, 5) is 6.95. The molecule has 5 heteroatoms. The molecule has 19 heavy (non-hydrogen) atoms. The molecule has 0 radical (unpaired) electrons. The van der Waals surface area contributed by atoms with Crippen LogP contribution in [-0.2, 0) is 6.54 Å². The summed E-state index contributed by atoms with van der Waals surface area (Å²) in [6.07, 6.45) is 1.71. The Bertz CT molecular complexity index is 481. The van der Waals surface area contributed by atoms with Crippen LogP contribution in [0.15, 0.2) is 28.2 Å². The summed E-state index contributed by atoms with van der Waals surface area (Å²) in [5, 5.41) is 6.57. The molecule has 0 spiro atoms. The first-order valence-corrected chi connectivity index (χ1v) is 7.58. The number of hydrogen-bond acceptors (Lipinski definition) is 5. The van der Waals surface area contributed by atoms with Crippen molar-refractivity contribution < 1.29 is 4.42 Å². The third-order valence-electron chi connectivity index (χ3n) is 3.04. The maximum atomic E-state index is 5.40. The number of hydrogen-bond donors (Lipinski definition) is 1. The zero-order valence-corrected chi connectivity index (χ0v) is 12.5. The Hall–Kier alpha value is -1.33. The molecule has 2 aromatic rings. The average molecular weight is 279 g/mol. The van der Waals surface area contributed by atoms with Gasteiger partial charge in [0.15, 0.2) is 5.13 Å². The molecule has 0 amide bonds. The molecular weight excluding hydrogens is 258 g/mol. The number of nitrogens with one attached hydrogen (secondary N) is 1. The largest absolute Gasteiger partial charge is 0.467 e. The zero-order chi connectivity index (χ0) is 13.7. The Morgan fingerprint density at radius 3 is 2.95 bits per heavy atom. The van der Waals surface area contributed by atoms with Crippen LogP contribution in [0.2, 0.25) is 0 Å². The highest BCUT2D eigenvalue weighted by Crippen LogP contribution is 2.25. The van der Waals surface area contributed by atoms with Crippen molar-refractivity contribution in [1.29, 1.82) is 0 Å². The van der Waals surface area contributed by atoms with Crippen molar-refractivity contribution in [2.24, 2.45) is 0 Å². The number of anilines is 1. The Kier molecular flexibility index (Phi) is 4.99. The number of thiazole rings is 1. The van der Waals surface area contributed by atoms with Gasteiger partial charge in [-0.3, -0.25) is 0 Å². The number of aromatic nitrogens is 1.